The van der Waals surface area contributed by atoms with Crippen LogP contribution in [0.15, 0.2) is 12.1 Å². The predicted molar refractivity (Wildman–Crippen MR) is 89.6 cm³/mol. The van der Waals surface area contributed by atoms with Crippen LogP contribution in [0, 0.1) is 12.8 Å². The van der Waals surface area contributed by atoms with E-state index in [0.717, 1.165) is 49.9 Å². The minimum absolute atomic E-state index is 0.228. The summed E-state index contributed by atoms with van der Waals surface area (Å²) >= 11 is 0. The number of hydrogen-bond donors (Lipinski definition) is 1. The van der Waals surface area contributed by atoms with Crippen molar-refractivity contribution in [3.05, 3.63) is 17.8 Å². The maximum absolute atomic E-state index is 9.39. The van der Waals surface area contributed by atoms with Crippen molar-refractivity contribution in [3.8, 4) is 5.75 Å². The van der Waals surface area contributed by atoms with Gasteiger partial charge in [-0.25, -0.2) is 4.98 Å². The summed E-state index contributed by atoms with van der Waals surface area (Å²) in [4.78, 5) is 9.46. The van der Waals surface area contributed by atoms with Crippen LogP contribution in [-0.4, -0.2) is 60.9 Å². The molecule has 2 heterocycles. The summed E-state index contributed by atoms with van der Waals surface area (Å²) in [7, 11) is 1.69. The van der Waals surface area contributed by atoms with Gasteiger partial charge in [-0.15, -0.1) is 0 Å². The lowest BCUT2D eigenvalue weighted by Gasteiger charge is -2.42. The van der Waals surface area contributed by atoms with Gasteiger partial charge in [0.1, 0.15) is 0 Å². The molecule has 22 heavy (non-hydrogen) atoms. The lowest BCUT2D eigenvalue weighted by Crippen LogP contribution is -2.54. The average Bonchev–Trinajstić information content (AvgIpc) is 2.49. The molecule has 0 aromatic carbocycles. The van der Waals surface area contributed by atoms with Gasteiger partial charge >= 0.3 is 0 Å². The van der Waals surface area contributed by atoms with Crippen LogP contribution >= 0.6 is 0 Å². The van der Waals surface area contributed by atoms with E-state index in [4.69, 9.17) is 4.74 Å². The summed E-state index contributed by atoms with van der Waals surface area (Å²) < 4.78 is 5.47. The first-order chi connectivity index (χ1) is 10.5. The molecule has 0 saturated carbocycles. The number of methoxy groups -OCH3 is 1. The van der Waals surface area contributed by atoms with E-state index in [1.807, 2.05) is 19.1 Å². The van der Waals surface area contributed by atoms with Crippen molar-refractivity contribution in [1.29, 1.82) is 0 Å². The number of ether oxygens (including phenoxy) is 1. The van der Waals surface area contributed by atoms with Crippen LogP contribution < -0.4 is 9.64 Å². The summed E-state index contributed by atoms with van der Waals surface area (Å²) in [5.74, 6) is 2.39. The fourth-order valence-electron chi connectivity index (χ4n) is 3.13. The van der Waals surface area contributed by atoms with E-state index < -0.39 is 0 Å². The third-order valence-electron chi connectivity index (χ3n) is 4.16. The van der Waals surface area contributed by atoms with Crippen molar-refractivity contribution in [3.63, 3.8) is 0 Å². The average molecular weight is 307 g/mol. The van der Waals surface area contributed by atoms with Crippen molar-refractivity contribution in [2.24, 2.45) is 5.92 Å². The molecule has 124 valence electrons. The highest BCUT2D eigenvalue weighted by Gasteiger charge is 2.29. The molecule has 2 rings (SSSR count). The molecule has 0 bridgehead atoms. The molecule has 1 aliphatic rings. The summed E-state index contributed by atoms with van der Waals surface area (Å²) in [5.41, 5.74) is 0.999. The molecule has 0 aliphatic carbocycles. The Bertz CT molecular complexity index is 479. The second-order valence-electron chi connectivity index (χ2n) is 6.48. The first-order valence-electron chi connectivity index (χ1n) is 8.16. The molecule has 5 nitrogen and oxygen atoms in total. The molecule has 1 saturated heterocycles. The van der Waals surface area contributed by atoms with Crippen molar-refractivity contribution < 1.29 is 9.84 Å². The summed E-state index contributed by atoms with van der Waals surface area (Å²) in [5, 5.41) is 9.39. The number of hydrogen-bond acceptors (Lipinski definition) is 5. The third kappa shape index (κ3) is 4.11. The molecular formula is C17H29N3O2. The summed E-state index contributed by atoms with van der Waals surface area (Å²) in [6, 6.07) is 4.33. The SMILES string of the molecule is COc1ccc(C)nc1N1CCN(CC(C)C)C(CCO)C1. The zero-order valence-corrected chi connectivity index (χ0v) is 14.2. The van der Waals surface area contributed by atoms with Crippen LogP contribution in [0.5, 0.6) is 5.75 Å². The van der Waals surface area contributed by atoms with Gasteiger partial charge in [0.05, 0.1) is 7.11 Å². The van der Waals surface area contributed by atoms with Crippen LogP contribution in [0.1, 0.15) is 26.0 Å². The standard InChI is InChI=1S/C17H29N3O2/c1-13(2)11-19-8-9-20(12-15(19)7-10-21)17-16(22-4)6-5-14(3)18-17/h5-6,13,15,21H,7-12H2,1-4H3. The third-order valence-corrected chi connectivity index (χ3v) is 4.16. The molecule has 5 heteroatoms. The fourth-order valence-corrected chi connectivity index (χ4v) is 3.13. The number of piperazine rings is 1. The van der Waals surface area contributed by atoms with Crippen LogP contribution in [0.2, 0.25) is 0 Å². The highest BCUT2D eigenvalue weighted by molar-refractivity contribution is 5.53. The minimum Gasteiger partial charge on any atom is -0.493 e. The Kier molecular flexibility index (Phi) is 6.03. The van der Waals surface area contributed by atoms with E-state index in [1.165, 1.54) is 0 Å². The molecule has 1 aromatic heterocycles. The van der Waals surface area contributed by atoms with Crippen LogP contribution in [-0.2, 0) is 0 Å². The number of aryl methyl sites for hydroxylation is 1. The zero-order valence-electron chi connectivity index (χ0n) is 14.2. The number of aromatic nitrogens is 1. The minimum atomic E-state index is 0.228. The topological polar surface area (TPSA) is 48.8 Å². The highest BCUT2D eigenvalue weighted by atomic mass is 16.5. The number of anilines is 1. The fraction of sp³-hybridized carbons (Fsp3) is 0.706. The predicted octanol–water partition coefficient (Wildman–Crippen LogP) is 1.93. The first-order valence-corrected chi connectivity index (χ1v) is 8.16. The second-order valence-corrected chi connectivity index (χ2v) is 6.48. The van der Waals surface area contributed by atoms with Gasteiger partial charge in [-0.3, -0.25) is 4.90 Å². The molecule has 1 unspecified atom stereocenters. The van der Waals surface area contributed by atoms with Gasteiger partial charge in [-0.2, -0.15) is 0 Å². The normalized spacial score (nSPS) is 19.7. The lowest BCUT2D eigenvalue weighted by molar-refractivity contribution is 0.128. The van der Waals surface area contributed by atoms with Gasteiger partial charge in [0.25, 0.3) is 0 Å². The van der Waals surface area contributed by atoms with Gasteiger partial charge < -0.3 is 14.7 Å². The first kappa shape index (κ1) is 17.0. The zero-order chi connectivity index (χ0) is 16.1. The molecule has 1 atom stereocenters. The van der Waals surface area contributed by atoms with Crippen LogP contribution in [0.4, 0.5) is 5.82 Å². The van der Waals surface area contributed by atoms with E-state index in [-0.39, 0.29) is 6.61 Å². The quantitative estimate of drug-likeness (QED) is 0.870. The number of rotatable bonds is 6. The van der Waals surface area contributed by atoms with Crippen LogP contribution in [0.3, 0.4) is 0 Å². The van der Waals surface area contributed by atoms with Crippen molar-refractivity contribution in [1.82, 2.24) is 9.88 Å². The Labute approximate surface area is 133 Å². The number of nitrogens with zero attached hydrogens (tertiary/aromatic N) is 3. The van der Waals surface area contributed by atoms with E-state index in [9.17, 15) is 5.11 Å². The number of aliphatic hydroxyl groups excluding tert-OH is 1. The summed E-state index contributed by atoms with van der Waals surface area (Å²) in [6.45, 7) is 10.6. The Balaban J connectivity index is 2.16. The van der Waals surface area contributed by atoms with Gasteiger partial charge in [-0.1, -0.05) is 13.8 Å². The van der Waals surface area contributed by atoms with E-state index in [0.29, 0.717) is 12.0 Å². The van der Waals surface area contributed by atoms with E-state index >= 15 is 0 Å². The Hall–Kier alpha value is -1.33. The van der Waals surface area contributed by atoms with Crippen molar-refractivity contribution in [2.45, 2.75) is 33.2 Å². The number of aliphatic hydroxyl groups is 1. The van der Waals surface area contributed by atoms with Gasteiger partial charge in [0, 0.05) is 44.5 Å². The second kappa shape index (κ2) is 7.79. The molecule has 1 aliphatic heterocycles. The molecule has 1 aromatic rings. The van der Waals surface area contributed by atoms with Gasteiger partial charge in [0.15, 0.2) is 11.6 Å². The Morgan fingerprint density at radius 2 is 2.14 bits per heavy atom. The molecular weight excluding hydrogens is 278 g/mol. The van der Waals surface area contributed by atoms with Gasteiger partial charge in [-0.05, 0) is 31.4 Å². The largest absolute Gasteiger partial charge is 0.493 e. The highest BCUT2D eigenvalue weighted by Crippen LogP contribution is 2.28. The molecule has 0 radical (unpaired) electrons. The van der Waals surface area contributed by atoms with Crippen molar-refractivity contribution >= 4 is 5.82 Å². The van der Waals surface area contributed by atoms with E-state index in [1.54, 1.807) is 7.11 Å². The van der Waals surface area contributed by atoms with Gasteiger partial charge in [0.2, 0.25) is 0 Å². The smallest absolute Gasteiger partial charge is 0.171 e. The maximum atomic E-state index is 9.39. The summed E-state index contributed by atoms with van der Waals surface area (Å²) in [6.07, 6.45) is 0.803. The maximum Gasteiger partial charge on any atom is 0.171 e. The molecule has 1 N–H and O–H groups in total. The Morgan fingerprint density at radius 3 is 2.77 bits per heavy atom. The van der Waals surface area contributed by atoms with E-state index in [2.05, 4.69) is 28.6 Å². The molecule has 0 amide bonds. The number of pyridine rings is 1. The van der Waals surface area contributed by atoms with Crippen LogP contribution in [0.25, 0.3) is 0 Å². The molecule has 1 fully saturated rings. The monoisotopic (exact) mass is 307 g/mol. The lowest BCUT2D eigenvalue weighted by atomic mass is 10.1. The van der Waals surface area contributed by atoms with Crippen molar-refractivity contribution in [2.75, 3.05) is 44.8 Å². The Morgan fingerprint density at radius 1 is 1.36 bits per heavy atom. The molecule has 0 spiro atoms.